The lowest BCUT2D eigenvalue weighted by atomic mass is 10.1. The molecule has 0 radical (unpaired) electrons. The second-order valence-electron chi connectivity index (χ2n) is 4.62. The minimum absolute atomic E-state index is 0.0489. The number of ether oxygens (including phenoxy) is 1. The van der Waals surface area contributed by atoms with Crippen molar-refractivity contribution in [2.75, 3.05) is 6.61 Å². The summed E-state index contributed by atoms with van der Waals surface area (Å²) in [5.41, 5.74) is 2.23. The molecule has 22 heavy (non-hydrogen) atoms. The maximum Gasteiger partial charge on any atom is 0.341 e. The Morgan fingerprint density at radius 3 is 2.73 bits per heavy atom. The van der Waals surface area contributed by atoms with E-state index in [1.54, 1.807) is 6.07 Å². The van der Waals surface area contributed by atoms with E-state index in [9.17, 15) is 9.59 Å². The number of pyridine rings is 1. The molecule has 0 atom stereocenters. The molecule has 1 N–H and O–H groups in total. The molecule has 2 rings (SSSR count). The van der Waals surface area contributed by atoms with Crippen molar-refractivity contribution in [3.05, 3.63) is 64.4 Å². The highest BCUT2D eigenvalue weighted by molar-refractivity contribution is 6.32. The number of hydrogen-bond acceptors (Lipinski definition) is 4. The van der Waals surface area contributed by atoms with Crippen LogP contribution in [0.1, 0.15) is 21.5 Å². The Hall–Kier alpha value is -2.40. The van der Waals surface area contributed by atoms with Gasteiger partial charge in [-0.1, -0.05) is 35.9 Å². The molecule has 1 amide bonds. The van der Waals surface area contributed by atoms with Gasteiger partial charge in [-0.2, -0.15) is 0 Å². The monoisotopic (exact) mass is 318 g/mol. The molecule has 1 aromatic carbocycles. The zero-order chi connectivity index (χ0) is 15.9. The fourth-order valence-corrected chi connectivity index (χ4v) is 2.00. The van der Waals surface area contributed by atoms with E-state index in [-0.39, 0.29) is 23.2 Å². The summed E-state index contributed by atoms with van der Waals surface area (Å²) in [4.78, 5) is 27.3. The van der Waals surface area contributed by atoms with Crippen molar-refractivity contribution < 1.29 is 14.3 Å². The fraction of sp³-hybridized carbons (Fsp3) is 0.188. The number of hydrogen-bond donors (Lipinski definition) is 1. The molecule has 114 valence electrons. The van der Waals surface area contributed by atoms with Gasteiger partial charge in [-0.15, -0.1) is 0 Å². The van der Waals surface area contributed by atoms with Gasteiger partial charge < -0.3 is 10.1 Å². The molecule has 0 saturated heterocycles. The molecule has 1 heterocycles. The van der Waals surface area contributed by atoms with Crippen LogP contribution in [-0.4, -0.2) is 23.5 Å². The third-order valence-corrected chi connectivity index (χ3v) is 3.35. The van der Waals surface area contributed by atoms with E-state index in [0.29, 0.717) is 6.54 Å². The summed E-state index contributed by atoms with van der Waals surface area (Å²) in [5, 5.41) is 2.75. The number of rotatable bonds is 5. The van der Waals surface area contributed by atoms with Gasteiger partial charge in [0.2, 0.25) is 0 Å². The zero-order valence-corrected chi connectivity index (χ0v) is 12.8. The first-order valence-electron chi connectivity index (χ1n) is 6.67. The van der Waals surface area contributed by atoms with Gasteiger partial charge >= 0.3 is 5.97 Å². The van der Waals surface area contributed by atoms with E-state index in [1.807, 2.05) is 31.2 Å². The molecule has 0 saturated carbocycles. The molecular formula is C16H15ClN2O3. The molecule has 2 aromatic rings. The van der Waals surface area contributed by atoms with Crippen LogP contribution >= 0.6 is 11.6 Å². The van der Waals surface area contributed by atoms with Gasteiger partial charge in [0.25, 0.3) is 5.91 Å². The van der Waals surface area contributed by atoms with Gasteiger partial charge in [0.1, 0.15) is 5.15 Å². The Balaban J connectivity index is 1.82. The van der Waals surface area contributed by atoms with Gasteiger partial charge in [0, 0.05) is 12.7 Å². The van der Waals surface area contributed by atoms with Crippen LogP contribution in [0.15, 0.2) is 42.6 Å². The highest BCUT2D eigenvalue weighted by Gasteiger charge is 2.14. The van der Waals surface area contributed by atoms with Gasteiger partial charge in [-0.3, -0.25) is 4.79 Å². The summed E-state index contributed by atoms with van der Waals surface area (Å²) in [6.07, 6.45) is 1.47. The zero-order valence-electron chi connectivity index (χ0n) is 12.0. The number of nitrogens with zero attached hydrogens (tertiary/aromatic N) is 1. The van der Waals surface area contributed by atoms with Crippen molar-refractivity contribution in [1.82, 2.24) is 10.3 Å². The minimum atomic E-state index is -0.677. The molecule has 6 heteroatoms. The first-order valence-corrected chi connectivity index (χ1v) is 7.04. The summed E-state index contributed by atoms with van der Waals surface area (Å²) in [5.74, 6) is -1.05. The van der Waals surface area contributed by atoms with E-state index < -0.39 is 5.97 Å². The molecule has 5 nitrogen and oxygen atoms in total. The molecule has 0 bridgehead atoms. The molecular weight excluding hydrogens is 304 g/mol. The topological polar surface area (TPSA) is 68.3 Å². The predicted octanol–water partition coefficient (Wildman–Crippen LogP) is 2.52. The predicted molar refractivity (Wildman–Crippen MR) is 82.6 cm³/mol. The summed E-state index contributed by atoms with van der Waals surface area (Å²) in [7, 11) is 0. The number of esters is 1. The molecule has 0 aliphatic rings. The normalized spacial score (nSPS) is 10.1. The van der Waals surface area contributed by atoms with Crippen LogP contribution in [0.5, 0.6) is 0 Å². The Kier molecular flexibility index (Phi) is 5.49. The quantitative estimate of drug-likeness (QED) is 0.679. The van der Waals surface area contributed by atoms with E-state index in [0.717, 1.165) is 11.1 Å². The van der Waals surface area contributed by atoms with Crippen molar-refractivity contribution in [2.24, 2.45) is 0 Å². The van der Waals surface area contributed by atoms with Gasteiger partial charge in [0.15, 0.2) is 6.61 Å². The minimum Gasteiger partial charge on any atom is -0.452 e. The molecule has 0 unspecified atom stereocenters. The largest absolute Gasteiger partial charge is 0.452 e. The lowest BCUT2D eigenvalue weighted by molar-refractivity contribution is -0.124. The van der Waals surface area contributed by atoms with Crippen molar-refractivity contribution in [1.29, 1.82) is 0 Å². The molecule has 0 spiro atoms. The first-order chi connectivity index (χ1) is 10.6. The third kappa shape index (κ3) is 4.30. The SMILES string of the molecule is Cc1ccccc1CNC(=O)COC(=O)c1cccnc1Cl. The molecule has 0 aliphatic carbocycles. The highest BCUT2D eigenvalue weighted by atomic mass is 35.5. The van der Waals surface area contributed by atoms with E-state index >= 15 is 0 Å². The van der Waals surface area contributed by atoms with Crippen LogP contribution in [0.4, 0.5) is 0 Å². The summed E-state index contributed by atoms with van der Waals surface area (Å²) in [6, 6.07) is 10.8. The molecule has 0 fully saturated rings. The van der Waals surface area contributed by atoms with E-state index in [1.165, 1.54) is 12.3 Å². The number of benzene rings is 1. The van der Waals surface area contributed by atoms with E-state index in [2.05, 4.69) is 10.3 Å². The number of halogens is 1. The average molecular weight is 319 g/mol. The van der Waals surface area contributed by atoms with Crippen LogP contribution in [0.3, 0.4) is 0 Å². The number of amides is 1. The van der Waals surface area contributed by atoms with E-state index in [4.69, 9.17) is 16.3 Å². The maximum atomic E-state index is 11.8. The van der Waals surface area contributed by atoms with Crippen molar-refractivity contribution >= 4 is 23.5 Å². The van der Waals surface area contributed by atoms with Crippen LogP contribution in [0, 0.1) is 6.92 Å². The van der Waals surface area contributed by atoms with Crippen LogP contribution in [-0.2, 0) is 16.1 Å². The molecule has 1 aromatic heterocycles. The lowest BCUT2D eigenvalue weighted by Crippen LogP contribution is -2.28. The van der Waals surface area contributed by atoms with Crippen molar-refractivity contribution in [2.45, 2.75) is 13.5 Å². The van der Waals surface area contributed by atoms with Crippen LogP contribution < -0.4 is 5.32 Å². The van der Waals surface area contributed by atoms with Gasteiger partial charge in [0.05, 0.1) is 5.56 Å². The summed E-state index contributed by atoms with van der Waals surface area (Å²) in [6.45, 7) is 1.98. The lowest BCUT2D eigenvalue weighted by Gasteiger charge is -2.08. The number of nitrogens with one attached hydrogen (secondary N) is 1. The third-order valence-electron chi connectivity index (χ3n) is 3.05. The number of carbonyl (C=O) groups is 2. The Morgan fingerprint density at radius 1 is 1.23 bits per heavy atom. The Labute approximate surface area is 133 Å². The van der Waals surface area contributed by atoms with Crippen LogP contribution in [0.2, 0.25) is 5.15 Å². The second-order valence-corrected chi connectivity index (χ2v) is 4.98. The standard InChI is InChI=1S/C16H15ClN2O3/c1-11-5-2-3-6-12(11)9-19-14(20)10-22-16(21)13-7-4-8-18-15(13)17/h2-8H,9-10H2,1H3,(H,19,20). The number of carbonyl (C=O) groups excluding carboxylic acids is 2. The average Bonchev–Trinajstić information content (AvgIpc) is 2.52. The van der Waals surface area contributed by atoms with Gasteiger partial charge in [-0.25, -0.2) is 9.78 Å². The fourth-order valence-electron chi connectivity index (χ4n) is 1.80. The van der Waals surface area contributed by atoms with Crippen molar-refractivity contribution in [3.8, 4) is 0 Å². The smallest absolute Gasteiger partial charge is 0.341 e. The van der Waals surface area contributed by atoms with Gasteiger partial charge in [-0.05, 0) is 30.2 Å². The highest BCUT2D eigenvalue weighted by Crippen LogP contribution is 2.12. The first kappa shape index (κ1) is 16.0. The number of aryl methyl sites for hydroxylation is 1. The number of aromatic nitrogens is 1. The Bertz CT molecular complexity index is 689. The van der Waals surface area contributed by atoms with Crippen molar-refractivity contribution in [3.63, 3.8) is 0 Å². The second kappa shape index (κ2) is 7.56. The summed E-state index contributed by atoms with van der Waals surface area (Å²) >= 11 is 5.78. The molecule has 0 aliphatic heterocycles. The Morgan fingerprint density at radius 2 is 2.00 bits per heavy atom. The maximum absolute atomic E-state index is 11.8. The summed E-state index contributed by atoms with van der Waals surface area (Å²) < 4.78 is 4.91. The van der Waals surface area contributed by atoms with Crippen LogP contribution in [0.25, 0.3) is 0 Å².